The predicted molar refractivity (Wildman–Crippen MR) is 107 cm³/mol. The van der Waals surface area contributed by atoms with Crippen molar-refractivity contribution in [2.24, 2.45) is 17.8 Å². The van der Waals surface area contributed by atoms with Gasteiger partial charge >= 0.3 is 12.1 Å². The molecule has 0 heterocycles. The second-order valence-corrected chi connectivity index (χ2v) is 8.70. The summed E-state index contributed by atoms with van der Waals surface area (Å²) in [6.07, 6.45) is 4.72. The number of amides is 1. The summed E-state index contributed by atoms with van der Waals surface area (Å²) in [6.45, 7) is 11.9. The van der Waals surface area contributed by atoms with Crippen LogP contribution in [-0.4, -0.2) is 36.4 Å². The Morgan fingerprint density at radius 1 is 1.11 bits per heavy atom. The first-order valence-corrected chi connectivity index (χ1v) is 10.5. The fourth-order valence-electron chi connectivity index (χ4n) is 4.14. The van der Waals surface area contributed by atoms with Crippen molar-refractivity contribution < 1.29 is 63.1 Å². The molecular weight excluding hydrogens is 571 g/mol. The van der Waals surface area contributed by atoms with E-state index < -0.39 is 11.7 Å². The number of alkyl carbamates (subject to hydrolysis) is 1. The SMILES string of the molecule is CCCC(CCC)C([NH-])[C@@H]1C[C@@H](C(=O)OCC)C[C@H]1NC(=O)OC(C)(C)C.[Ac]. The Morgan fingerprint density at radius 3 is 2.14 bits per heavy atom. The Kier molecular flexibility index (Phi) is 13.5. The summed E-state index contributed by atoms with van der Waals surface area (Å²) in [5.74, 6) is -0.249. The molecule has 0 aromatic heterocycles. The van der Waals surface area contributed by atoms with Gasteiger partial charge in [0.05, 0.1) is 12.5 Å². The molecule has 0 aromatic rings. The number of carbonyl (C=O) groups is 2. The summed E-state index contributed by atoms with van der Waals surface area (Å²) < 4.78 is 10.6. The van der Waals surface area contributed by atoms with E-state index in [1.807, 2.05) is 20.8 Å². The van der Waals surface area contributed by atoms with Crippen LogP contribution < -0.4 is 5.32 Å². The Balaban J connectivity index is 0.00000729. The summed E-state index contributed by atoms with van der Waals surface area (Å²) in [7, 11) is 0. The molecule has 1 amide bonds. The van der Waals surface area contributed by atoms with Gasteiger partial charge < -0.3 is 20.5 Å². The van der Waals surface area contributed by atoms with Crippen molar-refractivity contribution in [2.45, 2.75) is 97.8 Å². The minimum Gasteiger partial charge on any atom is -0.674 e. The minimum atomic E-state index is -0.577. The quantitative estimate of drug-likeness (QED) is 0.368. The van der Waals surface area contributed by atoms with E-state index in [1.54, 1.807) is 6.92 Å². The number of rotatable bonds is 9. The van der Waals surface area contributed by atoms with Gasteiger partial charge in [0.15, 0.2) is 0 Å². The molecule has 1 aliphatic carbocycles. The number of hydrogen-bond acceptors (Lipinski definition) is 4. The smallest absolute Gasteiger partial charge is 0.407 e. The molecule has 0 aliphatic heterocycles. The maximum Gasteiger partial charge on any atom is 0.407 e. The molecule has 0 spiro atoms. The molecular formula is C21H39AcN2O4-. The van der Waals surface area contributed by atoms with Crippen LogP contribution in [0.5, 0.6) is 0 Å². The first-order chi connectivity index (χ1) is 12.6. The number of ether oxygens (including phenoxy) is 2. The predicted octanol–water partition coefficient (Wildman–Crippen LogP) is 5.11. The summed E-state index contributed by atoms with van der Waals surface area (Å²) in [4.78, 5) is 24.6. The zero-order valence-electron chi connectivity index (χ0n) is 18.5. The largest absolute Gasteiger partial charge is 0.674 e. The van der Waals surface area contributed by atoms with Gasteiger partial charge in [0.2, 0.25) is 0 Å². The van der Waals surface area contributed by atoms with Gasteiger partial charge in [-0.25, -0.2) is 4.79 Å². The van der Waals surface area contributed by atoms with E-state index in [-0.39, 0.29) is 79.9 Å². The third-order valence-electron chi connectivity index (χ3n) is 5.22. The molecule has 1 aliphatic rings. The molecule has 1 fully saturated rings. The molecule has 0 saturated heterocycles. The van der Waals surface area contributed by atoms with Crippen molar-refractivity contribution in [3.8, 4) is 0 Å². The Labute approximate surface area is 207 Å². The van der Waals surface area contributed by atoms with E-state index in [1.165, 1.54) is 0 Å². The van der Waals surface area contributed by atoms with Gasteiger partial charge in [0.25, 0.3) is 0 Å². The van der Waals surface area contributed by atoms with E-state index in [0.717, 1.165) is 25.7 Å². The second kappa shape index (κ2) is 13.4. The van der Waals surface area contributed by atoms with E-state index >= 15 is 0 Å². The maximum atomic E-state index is 12.3. The Morgan fingerprint density at radius 2 is 1.68 bits per heavy atom. The molecule has 4 atom stereocenters. The fourth-order valence-corrected chi connectivity index (χ4v) is 4.14. The van der Waals surface area contributed by atoms with Crippen molar-refractivity contribution in [2.75, 3.05) is 6.61 Å². The molecule has 1 rings (SSSR count). The number of nitrogens with one attached hydrogen (secondary N) is 2. The maximum absolute atomic E-state index is 12.3. The third-order valence-corrected chi connectivity index (χ3v) is 5.22. The average molecular weight is 611 g/mol. The second-order valence-electron chi connectivity index (χ2n) is 8.70. The van der Waals surface area contributed by atoms with Crippen molar-refractivity contribution in [1.82, 2.24) is 5.32 Å². The van der Waals surface area contributed by atoms with Crippen LogP contribution >= 0.6 is 0 Å². The molecule has 1 radical (unpaired) electrons. The average Bonchev–Trinajstić information content (AvgIpc) is 2.96. The summed E-state index contributed by atoms with van der Waals surface area (Å²) in [5.41, 5.74) is 8.30. The van der Waals surface area contributed by atoms with Gasteiger partial charge in [-0.05, 0) is 46.5 Å². The Bertz CT molecular complexity index is 476. The number of esters is 1. The zero-order chi connectivity index (χ0) is 20.6. The van der Waals surface area contributed by atoms with Crippen LogP contribution in [0.25, 0.3) is 5.73 Å². The van der Waals surface area contributed by atoms with Crippen LogP contribution in [0.3, 0.4) is 0 Å². The van der Waals surface area contributed by atoms with Gasteiger partial charge in [0, 0.05) is 50.1 Å². The van der Waals surface area contributed by atoms with Crippen molar-refractivity contribution in [1.29, 1.82) is 0 Å². The number of hydrogen-bond donors (Lipinski definition) is 1. The fraction of sp³-hybridized carbons (Fsp3) is 0.905. The van der Waals surface area contributed by atoms with Crippen LogP contribution in [0.15, 0.2) is 0 Å². The van der Waals surface area contributed by atoms with Crippen LogP contribution in [0.2, 0.25) is 0 Å². The third kappa shape index (κ3) is 9.30. The zero-order valence-corrected chi connectivity index (χ0v) is 23.3. The first-order valence-electron chi connectivity index (χ1n) is 10.5. The van der Waals surface area contributed by atoms with E-state index in [2.05, 4.69) is 19.2 Å². The van der Waals surface area contributed by atoms with Crippen molar-refractivity contribution >= 4 is 12.1 Å². The van der Waals surface area contributed by atoms with Crippen molar-refractivity contribution in [3.63, 3.8) is 0 Å². The molecule has 1 saturated carbocycles. The van der Waals surface area contributed by atoms with E-state index in [0.29, 0.717) is 19.4 Å². The molecule has 1 unspecified atom stereocenters. The normalized spacial score (nSPS) is 23.1. The summed E-state index contributed by atoms with van der Waals surface area (Å²) in [6, 6.07) is -0.530. The van der Waals surface area contributed by atoms with Gasteiger partial charge in [-0.3, -0.25) is 4.79 Å². The van der Waals surface area contributed by atoms with Gasteiger partial charge in [-0.2, -0.15) is 0 Å². The van der Waals surface area contributed by atoms with E-state index in [9.17, 15) is 9.59 Å². The van der Waals surface area contributed by atoms with Crippen LogP contribution in [-0.2, 0) is 14.3 Å². The van der Waals surface area contributed by atoms with Gasteiger partial charge in [-0.1, -0.05) is 45.4 Å². The molecule has 28 heavy (non-hydrogen) atoms. The topological polar surface area (TPSA) is 88.4 Å². The van der Waals surface area contributed by atoms with Gasteiger partial charge in [0.1, 0.15) is 5.60 Å². The first kappa shape index (κ1) is 28.1. The molecule has 161 valence electrons. The molecule has 0 aromatic carbocycles. The molecule has 6 nitrogen and oxygen atoms in total. The molecule has 2 N–H and O–H groups in total. The molecule has 0 bridgehead atoms. The van der Waals surface area contributed by atoms with Gasteiger partial charge in [-0.15, -0.1) is 6.04 Å². The summed E-state index contributed by atoms with van der Waals surface area (Å²) in [5, 5.41) is 2.94. The number of carbonyl (C=O) groups excluding carboxylic acids is 2. The Hall–Kier alpha value is 0.142. The monoisotopic (exact) mass is 610 g/mol. The standard InChI is InChI=1S/C21H39N2O4.Ac/c1-7-10-14(11-8-2)18(22)16-12-15(19(24)26-9-3)13-17(16)23-20(25)27-21(4,5)6;/h14-18,22H,7-13H2,1-6H3,(H,23,25);/q-1;/t15-,16-,17-,18?;/m1./s1. The minimum absolute atomic E-state index is 0. The molecule has 7 heteroatoms. The summed E-state index contributed by atoms with van der Waals surface area (Å²) >= 11 is 0. The van der Waals surface area contributed by atoms with E-state index in [4.69, 9.17) is 15.2 Å². The van der Waals surface area contributed by atoms with Crippen LogP contribution in [0.4, 0.5) is 4.79 Å². The van der Waals surface area contributed by atoms with Crippen LogP contribution in [0.1, 0.15) is 80.1 Å². The van der Waals surface area contributed by atoms with Crippen molar-refractivity contribution in [3.05, 3.63) is 5.73 Å². The van der Waals surface area contributed by atoms with Crippen LogP contribution in [0, 0.1) is 61.8 Å².